The minimum absolute atomic E-state index is 0.112. The fraction of sp³-hybridized carbons (Fsp3) is 0.900. The Kier molecular flexibility index (Phi) is 6.86. The Balaban J connectivity index is 1.56. The molecule has 4 fully saturated rings. The van der Waals surface area contributed by atoms with Crippen molar-refractivity contribution in [2.45, 2.75) is 124 Å². The van der Waals surface area contributed by atoms with Gasteiger partial charge in [0, 0.05) is 18.8 Å². The Morgan fingerprint density at radius 3 is 2.26 bits per heavy atom. The molecule has 4 saturated carbocycles. The quantitative estimate of drug-likeness (QED) is 0.363. The van der Waals surface area contributed by atoms with E-state index in [0.717, 1.165) is 32.1 Å². The van der Waals surface area contributed by atoms with Crippen molar-refractivity contribution in [3.8, 4) is 0 Å². The van der Waals surface area contributed by atoms with E-state index >= 15 is 0 Å². The largest absolute Gasteiger partial charge is 0.462 e. The van der Waals surface area contributed by atoms with Gasteiger partial charge >= 0.3 is 5.97 Å². The number of esters is 1. The van der Waals surface area contributed by atoms with Crippen LogP contribution in [0.2, 0.25) is 0 Å². The molecule has 0 aromatic rings. The molecular formula is C30H50O4. The van der Waals surface area contributed by atoms with E-state index in [1.165, 1.54) is 13.3 Å². The van der Waals surface area contributed by atoms with Crippen LogP contribution in [-0.4, -0.2) is 33.5 Å². The third kappa shape index (κ3) is 3.99. The predicted molar refractivity (Wildman–Crippen MR) is 136 cm³/mol. The normalized spacial score (nSPS) is 48.2. The summed E-state index contributed by atoms with van der Waals surface area (Å²) in [6.07, 6.45) is 12.4. The van der Waals surface area contributed by atoms with Crippen LogP contribution in [0.4, 0.5) is 0 Å². The number of hydrogen-bond acceptors (Lipinski definition) is 4. The highest BCUT2D eigenvalue weighted by Gasteiger charge is 2.70. The Hall–Kier alpha value is -0.870. The number of hydrogen-bond donors (Lipinski definition) is 2. The molecule has 4 aliphatic rings. The van der Waals surface area contributed by atoms with Gasteiger partial charge in [-0.05, 0) is 92.3 Å². The van der Waals surface area contributed by atoms with Crippen molar-refractivity contribution in [1.82, 2.24) is 0 Å². The molecule has 4 aliphatic carbocycles. The molecule has 0 bridgehead atoms. The number of allylic oxidation sites excluding steroid dienone is 2. The van der Waals surface area contributed by atoms with Crippen molar-refractivity contribution in [2.24, 2.45) is 46.3 Å². The molecule has 2 N–H and O–H groups in total. The third-order valence-electron chi connectivity index (χ3n) is 11.6. The number of ether oxygens (including phenoxy) is 1. The summed E-state index contributed by atoms with van der Waals surface area (Å²) in [5.41, 5.74) is -1.74. The fourth-order valence-electron chi connectivity index (χ4n) is 9.22. The lowest BCUT2D eigenvalue weighted by Crippen LogP contribution is -2.69. The second-order valence-electron chi connectivity index (χ2n) is 13.6. The zero-order valence-corrected chi connectivity index (χ0v) is 22.8. The van der Waals surface area contributed by atoms with Crippen LogP contribution in [0, 0.1) is 46.3 Å². The summed E-state index contributed by atoms with van der Waals surface area (Å²) in [4.78, 5) is 11.5. The molecule has 10 atom stereocenters. The minimum atomic E-state index is -0.864. The lowest BCUT2D eigenvalue weighted by atomic mass is 9.41. The predicted octanol–water partition coefficient (Wildman–Crippen LogP) is 6.29. The van der Waals surface area contributed by atoms with Crippen molar-refractivity contribution in [3.05, 3.63) is 12.2 Å². The molecule has 34 heavy (non-hydrogen) atoms. The first-order valence-electron chi connectivity index (χ1n) is 14.1. The van der Waals surface area contributed by atoms with Gasteiger partial charge in [-0.2, -0.15) is 0 Å². The summed E-state index contributed by atoms with van der Waals surface area (Å²) in [6, 6.07) is 0. The fourth-order valence-corrected chi connectivity index (χ4v) is 9.22. The molecule has 0 saturated heterocycles. The molecule has 4 nitrogen and oxygen atoms in total. The zero-order valence-electron chi connectivity index (χ0n) is 22.8. The van der Waals surface area contributed by atoms with Gasteiger partial charge in [-0.3, -0.25) is 4.79 Å². The van der Waals surface area contributed by atoms with Crippen molar-refractivity contribution < 1.29 is 19.7 Å². The first-order chi connectivity index (χ1) is 15.8. The van der Waals surface area contributed by atoms with Gasteiger partial charge in [-0.15, -0.1) is 0 Å². The first kappa shape index (κ1) is 26.2. The van der Waals surface area contributed by atoms with Gasteiger partial charge in [0.15, 0.2) is 0 Å². The maximum Gasteiger partial charge on any atom is 0.302 e. The summed E-state index contributed by atoms with van der Waals surface area (Å²) < 4.78 is 5.52. The lowest BCUT2D eigenvalue weighted by molar-refractivity contribution is -0.277. The molecule has 0 heterocycles. The Morgan fingerprint density at radius 1 is 0.912 bits per heavy atom. The number of aliphatic hydroxyl groups is 2. The van der Waals surface area contributed by atoms with E-state index in [4.69, 9.17) is 4.74 Å². The van der Waals surface area contributed by atoms with Crippen molar-refractivity contribution in [3.63, 3.8) is 0 Å². The van der Waals surface area contributed by atoms with Gasteiger partial charge < -0.3 is 14.9 Å². The van der Waals surface area contributed by atoms with Crippen LogP contribution >= 0.6 is 0 Å². The molecule has 194 valence electrons. The highest BCUT2D eigenvalue weighted by Crippen LogP contribution is 2.70. The lowest BCUT2D eigenvalue weighted by Gasteiger charge is -2.67. The Labute approximate surface area is 207 Å². The molecule has 0 aromatic heterocycles. The molecule has 0 radical (unpaired) electrons. The zero-order chi connectivity index (χ0) is 25.1. The molecule has 0 amide bonds. The smallest absolute Gasteiger partial charge is 0.302 e. The van der Waals surface area contributed by atoms with E-state index in [0.29, 0.717) is 48.9 Å². The maximum atomic E-state index is 12.4. The summed E-state index contributed by atoms with van der Waals surface area (Å²) >= 11 is 0. The van der Waals surface area contributed by atoms with Crippen LogP contribution < -0.4 is 0 Å². The van der Waals surface area contributed by atoms with E-state index in [2.05, 4.69) is 53.7 Å². The molecule has 0 aromatic carbocycles. The number of rotatable bonds is 5. The molecule has 0 spiro atoms. The molecule has 0 aliphatic heterocycles. The molecule has 4 rings (SSSR count). The average Bonchev–Trinajstić information content (AvgIpc) is 3.11. The number of carbonyl (C=O) groups is 1. The van der Waals surface area contributed by atoms with Gasteiger partial charge in [0.25, 0.3) is 0 Å². The van der Waals surface area contributed by atoms with E-state index in [1.807, 2.05) is 0 Å². The highest BCUT2D eigenvalue weighted by atomic mass is 16.5. The van der Waals surface area contributed by atoms with E-state index < -0.39 is 11.2 Å². The topological polar surface area (TPSA) is 66.8 Å². The van der Waals surface area contributed by atoms with E-state index in [-0.39, 0.29) is 28.8 Å². The number of carbonyl (C=O) groups excluding carboxylic acids is 1. The van der Waals surface area contributed by atoms with Gasteiger partial charge in [0.1, 0.15) is 6.10 Å². The van der Waals surface area contributed by atoms with Crippen LogP contribution in [-0.2, 0) is 9.53 Å². The van der Waals surface area contributed by atoms with Gasteiger partial charge in [0.05, 0.1) is 11.2 Å². The highest BCUT2D eigenvalue weighted by molar-refractivity contribution is 5.66. The van der Waals surface area contributed by atoms with E-state index in [1.54, 1.807) is 0 Å². The third-order valence-corrected chi connectivity index (χ3v) is 11.6. The average molecular weight is 475 g/mol. The van der Waals surface area contributed by atoms with Crippen molar-refractivity contribution in [1.29, 1.82) is 0 Å². The van der Waals surface area contributed by atoms with Crippen LogP contribution in [0.1, 0.15) is 106 Å². The maximum absolute atomic E-state index is 12.4. The van der Waals surface area contributed by atoms with Crippen LogP contribution in [0.3, 0.4) is 0 Å². The van der Waals surface area contributed by atoms with Gasteiger partial charge in [-0.25, -0.2) is 0 Å². The molecule has 0 unspecified atom stereocenters. The van der Waals surface area contributed by atoms with Crippen molar-refractivity contribution >= 4 is 5.97 Å². The summed E-state index contributed by atoms with van der Waals surface area (Å²) in [6.45, 7) is 15.4. The monoisotopic (exact) mass is 474 g/mol. The minimum Gasteiger partial charge on any atom is -0.462 e. The van der Waals surface area contributed by atoms with Crippen LogP contribution in [0.25, 0.3) is 0 Å². The van der Waals surface area contributed by atoms with E-state index in [9.17, 15) is 15.0 Å². The van der Waals surface area contributed by atoms with Gasteiger partial charge in [-0.1, -0.05) is 53.7 Å². The summed E-state index contributed by atoms with van der Waals surface area (Å²) in [5, 5.41) is 24.3. The SMILES string of the molecule is CC(=O)O[C@@H]1CC[C@]2(C)[C@@H]3CC[C@]4(C)[C@@H]([C@H](C)/C=C/[C@H](C)C(C)C)CC[C@H]4[C@@]3(O)CC[C@@]2(O)C1. The van der Waals surface area contributed by atoms with Gasteiger partial charge in [0.2, 0.25) is 0 Å². The van der Waals surface area contributed by atoms with Crippen LogP contribution in [0.15, 0.2) is 12.2 Å². The summed E-state index contributed by atoms with van der Waals surface area (Å²) in [5.74, 6) is 2.52. The molecular weight excluding hydrogens is 424 g/mol. The number of fused-ring (bicyclic) bond motifs is 5. The second-order valence-corrected chi connectivity index (χ2v) is 13.6. The van der Waals surface area contributed by atoms with Crippen molar-refractivity contribution in [2.75, 3.05) is 0 Å². The summed E-state index contributed by atoms with van der Waals surface area (Å²) in [7, 11) is 0. The molecule has 4 heteroatoms. The standard InChI is InChI=1S/C30H50O4/c1-19(2)20(3)8-9-21(4)24-10-11-25-27(24,6)14-13-26-28(7)15-12-23(34-22(5)31)18-29(28,32)16-17-30(25,26)33/h8-9,19-21,23-26,32-33H,10-18H2,1-7H3/b9-8+/t20-,21+,23+,24+,25+,26-,27+,28+,29+,30-/m0/s1. The Bertz CT molecular complexity index is 806. The van der Waals surface area contributed by atoms with Crippen LogP contribution in [0.5, 0.6) is 0 Å². The second kappa shape index (κ2) is 8.91. The Morgan fingerprint density at radius 2 is 1.62 bits per heavy atom. The first-order valence-corrected chi connectivity index (χ1v) is 14.1.